The molecule has 1 fully saturated rings. The van der Waals surface area contributed by atoms with Crippen molar-refractivity contribution >= 4 is 34.9 Å². The molecular formula is C15H18Cl2N2O2. The van der Waals surface area contributed by atoms with Crippen molar-refractivity contribution in [2.45, 2.75) is 26.3 Å². The van der Waals surface area contributed by atoms with Crippen LogP contribution in [0.2, 0.25) is 10.0 Å². The minimum Gasteiger partial charge on any atom is -0.313 e. The van der Waals surface area contributed by atoms with Crippen molar-refractivity contribution in [3.05, 3.63) is 33.8 Å². The van der Waals surface area contributed by atoms with Crippen molar-refractivity contribution in [2.75, 3.05) is 13.6 Å². The van der Waals surface area contributed by atoms with E-state index in [0.29, 0.717) is 21.7 Å². The fourth-order valence-electron chi connectivity index (χ4n) is 2.28. The van der Waals surface area contributed by atoms with Crippen molar-refractivity contribution in [1.82, 2.24) is 4.90 Å². The summed E-state index contributed by atoms with van der Waals surface area (Å²) in [6.45, 7) is 5.11. The third-order valence-corrected chi connectivity index (χ3v) is 4.53. The fourth-order valence-corrected chi connectivity index (χ4v) is 2.58. The first-order valence-corrected chi connectivity index (χ1v) is 7.57. The monoisotopic (exact) mass is 328 g/mol. The highest BCUT2D eigenvalue weighted by Gasteiger charge is 2.26. The Kier molecular flexibility index (Phi) is 5.25. The molecule has 1 heterocycles. The summed E-state index contributed by atoms with van der Waals surface area (Å²) >= 11 is 11.7. The average molecular weight is 329 g/mol. The van der Waals surface area contributed by atoms with Gasteiger partial charge in [-0.25, -0.2) is 4.79 Å². The molecule has 1 aliphatic rings. The van der Waals surface area contributed by atoms with Gasteiger partial charge in [-0.15, -0.1) is 0 Å². The largest absolute Gasteiger partial charge is 0.365 e. The van der Waals surface area contributed by atoms with Crippen LogP contribution in [0, 0.1) is 5.92 Å². The maximum atomic E-state index is 12.0. The van der Waals surface area contributed by atoms with Crippen LogP contribution in [-0.4, -0.2) is 36.2 Å². The molecule has 0 spiro atoms. The van der Waals surface area contributed by atoms with Crippen LogP contribution in [0.3, 0.4) is 0 Å². The van der Waals surface area contributed by atoms with E-state index in [1.54, 1.807) is 12.1 Å². The average Bonchev–Trinajstić information content (AvgIpc) is 2.44. The van der Waals surface area contributed by atoms with Crippen molar-refractivity contribution in [3.8, 4) is 0 Å². The quantitative estimate of drug-likeness (QED) is 0.611. The van der Waals surface area contributed by atoms with Gasteiger partial charge in [0.25, 0.3) is 0 Å². The van der Waals surface area contributed by atoms with E-state index in [-0.39, 0.29) is 5.92 Å². The highest BCUT2D eigenvalue weighted by Crippen LogP contribution is 2.23. The molecule has 0 saturated carbocycles. The van der Waals surface area contributed by atoms with Gasteiger partial charge in [0, 0.05) is 24.9 Å². The highest BCUT2D eigenvalue weighted by atomic mass is 35.5. The summed E-state index contributed by atoms with van der Waals surface area (Å²) < 4.78 is 0. The van der Waals surface area contributed by atoms with E-state index in [9.17, 15) is 4.79 Å². The number of oxime groups is 1. The molecule has 4 nitrogen and oxygen atoms in total. The van der Waals surface area contributed by atoms with Gasteiger partial charge in [0.05, 0.1) is 21.3 Å². The second kappa shape index (κ2) is 6.77. The molecular weight excluding hydrogens is 311 g/mol. The van der Waals surface area contributed by atoms with E-state index in [0.717, 1.165) is 18.7 Å². The molecule has 21 heavy (non-hydrogen) atoms. The number of likely N-dealkylation sites (tertiary alicyclic amines) is 1. The lowest BCUT2D eigenvalue weighted by molar-refractivity contribution is 0.0508. The van der Waals surface area contributed by atoms with Gasteiger partial charge in [0.1, 0.15) is 0 Å². The Balaban J connectivity index is 2.05. The zero-order valence-electron chi connectivity index (χ0n) is 12.3. The van der Waals surface area contributed by atoms with Crippen LogP contribution >= 0.6 is 23.2 Å². The molecule has 0 unspecified atom stereocenters. The van der Waals surface area contributed by atoms with E-state index >= 15 is 0 Å². The molecule has 2 atom stereocenters. The number of benzene rings is 1. The number of carbonyl (C=O) groups excluding carboxylic acids is 1. The second-order valence-electron chi connectivity index (χ2n) is 5.48. The molecule has 0 aliphatic carbocycles. The first-order valence-electron chi connectivity index (χ1n) is 6.82. The predicted molar refractivity (Wildman–Crippen MR) is 85.2 cm³/mol. The number of rotatable bonds is 2. The Labute approximate surface area is 134 Å². The minimum atomic E-state index is -0.528. The van der Waals surface area contributed by atoms with E-state index < -0.39 is 5.97 Å². The van der Waals surface area contributed by atoms with Crippen molar-refractivity contribution in [3.63, 3.8) is 0 Å². The number of hydrogen-bond acceptors (Lipinski definition) is 4. The summed E-state index contributed by atoms with van der Waals surface area (Å²) in [4.78, 5) is 19.3. The Morgan fingerprint density at radius 1 is 1.33 bits per heavy atom. The number of halogens is 2. The molecule has 1 aromatic carbocycles. The van der Waals surface area contributed by atoms with Crippen LogP contribution in [0.15, 0.2) is 23.4 Å². The van der Waals surface area contributed by atoms with Gasteiger partial charge in [0.15, 0.2) is 0 Å². The Morgan fingerprint density at radius 2 is 2.05 bits per heavy atom. The Bertz CT molecular complexity index is 575. The molecule has 0 N–H and O–H groups in total. The van der Waals surface area contributed by atoms with Gasteiger partial charge in [-0.3, -0.25) is 0 Å². The number of carbonyl (C=O) groups is 1. The van der Waals surface area contributed by atoms with E-state index in [1.165, 1.54) is 6.07 Å². The van der Waals surface area contributed by atoms with Crippen LogP contribution < -0.4 is 0 Å². The van der Waals surface area contributed by atoms with Gasteiger partial charge in [-0.2, -0.15) is 0 Å². The van der Waals surface area contributed by atoms with Crippen molar-refractivity contribution in [2.24, 2.45) is 11.1 Å². The maximum Gasteiger partial charge on any atom is 0.365 e. The third kappa shape index (κ3) is 3.96. The van der Waals surface area contributed by atoms with Crippen molar-refractivity contribution in [1.29, 1.82) is 0 Å². The summed E-state index contributed by atoms with van der Waals surface area (Å²) in [5.41, 5.74) is 1.25. The summed E-state index contributed by atoms with van der Waals surface area (Å²) in [5.74, 6) is -0.257. The maximum absolute atomic E-state index is 12.0. The predicted octanol–water partition coefficient (Wildman–Crippen LogP) is 3.87. The van der Waals surface area contributed by atoms with Crippen molar-refractivity contribution < 1.29 is 9.63 Å². The summed E-state index contributed by atoms with van der Waals surface area (Å²) in [6, 6.07) is 5.00. The lowest BCUT2D eigenvalue weighted by atomic mass is 9.93. The first-order chi connectivity index (χ1) is 9.88. The minimum absolute atomic E-state index is 0.271. The fraction of sp³-hybridized carbons (Fsp3) is 0.467. The highest BCUT2D eigenvalue weighted by molar-refractivity contribution is 6.42. The smallest absolute Gasteiger partial charge is 0.313 e. The molecule has 0 radical (unpaired) electrons. The molecule has 114 valence electrons. The van der Waals surface area contributed by atoms with Crippen LogP contribution in [0.1, 0.15) is 30.6 Å². The SMILES string of the molecule is C[C@@H]1C/C(=N/OC(=O)c2ccc(Cl)c(Cl)c2)[C@@H](C)CN1C. The van der Waals surface area contributed by atoms with E-state index in [4.69, 9.17) is 28.0 Å². The van der Waals surface area contributed by atoms with E-state index in [2.05, 4.69) is 31.0 Å². The molecule has 2 rings (SSSR count). The van der Waals surface area contributed by atoms with Gasteiger partial charge < -0.3 is 9.74 Å². The van der Waals surface area contributed by atoms with Gasteiger partial charge in [0.2, 0.25) is 0 Å². The van der Waals surface area contributed by atoms with Gasteiger partial charge >= 0.3 is 5.97 Å². The standard InChI is InChI=1S/C15H18Cl2N2O2/c1-9-8-19(3)10(2)6-14(9)18-21-15(20)11-4-5-12(16)13(17)7-11/h4-5,7,9-10H,6,8H2,1-3H3/b18-14-/t9-,10+/m0/s1. The summed E-state index contributed by atoms with van der Waals surface area (Å²) in [6.07, 6.45) is 0.798. The Hall–Kier alpha value is -1.10. The first kappa shape index (κ1) is 16.3. The lowest BCUT2D eigenvalue weighted by Crippen LogP contribution is -2.43. The van der Waals surface area contributed by atoms with Crippen LogP contribution in [0.5, 0.6) is 0 Å². The number of piperidine rings is 1. The van der Waals surface area contributed by atoms with Gasteiger partial charge in [-0.1, -0.05) is 35.3 Å². The molecule has 1 aromatic rings. The lowest BCUT2D eigenvalue weighted by Gasteiger charge is -2.34. The molecule has 0 bridgehead atoms. The number of hydrogen-bond donors (Lipinski definition) is 0. The van der Waals surface area contributed by atoms with Crippen LogP contribution in [0.25, 0.3) is 0 Å². The zero-order chi connectivity index (χ0) is 15.6. The second-order valence-corrected chi connectivity index (χ2v) is 6.30. The summed E-state index contributed by atoms with van der Waals surface area (Å²) in [7, 11) is 2.08. The van der Waals surface area contributed by atoms with Crippen LogP contribution in [0.4, 0.5) is 0 Å². The topological polar surface area (TPSA) is 41.9 Å². The molecule has 6 heteroatoms. The summed E-state index contributed by atoms with van der Waals surface area (Å²) in [5, 5.41) is 4.76. The molecule has 1 saturated heterocycles. The van der Waals surface area contributed by atoms with Gasteiger partial charge in [-0.05, 0) is 32.2 Å². The number of nitrogens with zero attached hydrogens (tertiary/aromatic N) is 2. The third-order valence-electron chi connectivity index (χ3n) is 3.79. The normalized spacial score (nSPS) is 25.1. The van der Waals surface area contributed by atoms with Crippen LogP contribution in [-0.2, 0) is 4.84 Å². The molecule has 1 aliphatic heterocycles. The Morgan fingerprint density at radius 3 is 2.71 bits per heavy atom. The van der Waals surface area contributed by atoms with E-state index in [1.807, 2.05) is 0 Å². The molecule has 0 amide bonds. The zero-order valence-corrected chi connectivity index (χ0v) is 13.8. The molecule has 0 aromatic heterocycles.